The first-order valence-electron chi connectivity index (χ1n) is 8.64. The highest BCUT2D eigenvalue weighted by Gasteiger charge is 2.13. The molecule has 0 aliphatic rings. The van der Waals surface area contributed by atoms with Crippen molar-refractivity contribution in [1.82, 2.24) is 10.6 Å². The molecule has 0 fully saturated rings. The average Bonchev–Trinajstić information content (AvgIpc) is 2.56. The van der Waals surface area contributed by atoms with Crippen LogP contribution in [0.25, 0.3) is 0 Å². The maximum Gasteiger partial charge on any atom is 0.258 e. The van der Waals surface area contributed by atoms with Gasteiger partial charge in [-0.15, -0.1) is 0 Å². The van der Waals surface area contributed by atoms with Crippen LogP contribution in [0.3, 0.4) is 0 Å². The number of aryl methyl sites for hydroxylation is 2. The first-order chi connectivity index (χ1) is 11.4. The molecule has 1 rings (SSSR count). The summed E-state index contributed by atoms with van der Waals surface area (Å²) in [5.41, 5.74) is 3.21. The van der Waals surface area contributed by atoms with Crippen LogP contribution < -0.4 is 15.4 Å². The molecule has 134 valence electrons. The van der Waals surface area contributed by atoms with Crippen LogP contribution in [0.5, 0.6) is 5.75 Å². The number of ether oxygens (including phenoxy) is 1. The second-order valence-electron chi connectivity index (χ2n) is 6.10. The van der Waals surface area contributed by atoms with Gasteiger partial charge in [-0.25, -0.2) is 0 Å². The summed E-state index contributed by atoms with van der Waals surface area (Å²) in [5.74, 6) is 0.687. The van der Waals surface area contributed by atoms with Crippen LogP contribution >= 0.6 is 0 Å². The summed E-state index contributed by atoms with van der Waals surface area (Å²) in [6.45, 7) is 10.8. The van der Waals surface area contributed by atoms with Crippen molar-refractivity contribution in [3.8, 4) is 5.75 Å². The van der Waals surface area contributed by atoms with E-state index in [-0.39, 0.29) is 24.3 Å². The van der Waals surface area contributed by atoms with Crippen molar-refractivity contribution in [1.29, 1.82) is 0 Å². The summed E-state index contributed by atoms with van der Waals surface area (Å²) in [6, 6.07) is 4.03. The maximum absolute atomic E-state index is 11.9. The van der Waals surface area contributed by atoms with Crippen molar-refractivity contribution < 1.29 is 14.3 Å². The van der Waals surface area contributed by atoms with Gasteiger partial charge in [-0.1, -0.05) is 26.0 Å². The number of hydrogen-bond donors (Lipinski definition) is 2. The summed E-state index contributed by atoms with van der Waals surface area (Å²) >= 11 is 0. The molecule has 0 aliphatic heterocycles. The summed E-state index contributed by atoms with van der Waals surface area (Å²) in [5, 5.41) is 5.60. The Morgan fingerprint density at radius 1 is 1.00 bits per heavy atom. The van der Waals surface area contributed by atoms with Gasteiger partial charge in [0.05, 0.1) is 0 Å². The van der Waals surface area contributed by atoms with E-state index in [0.29, 0.717) is 13.1 Å². The molecule has 1 aromatic carbocycles. The predicted molar refractivity (Wildman–Crippen MR) is 96.2 cm³/mol. The Morgan fingerprint density at radius 2 is 1.58 bits per heavy atom. The molecule has 0 bridgehead atoms. The van der Waals surface area contributed by atoms with Gasteiger partial charge >= 0.3 is 0 Å². The SMILES string of the molecule is CCC(CC)C(=O)NCCNC(=O)COc1c(C)ccc(C)c1C. The highest BCUT2D eigenvalue weighted by molar-refractivity contribution is 5.79. The Labute approximate surface area is 145 Å². The van der Waals surface area contributed by atoms with Crippen LogP contribution in [0.1, 0.15) is 43.4 Å². The molecule has 2 N–H and O–H groups in total. The second-order valence-corrected chi connectivity index (χ2v) is 6.10. The van der Waals surface area contributed by atoms with Crippen LogP contribution in [0.4, 0.5) is 0 Å². The molecule has 2 amide bonds. The van der Waals surface area contributed by atoms with E-state index in [9.17, 15) is 9.59 Å². The molecule has 0 atom stereocenters. The summed E-state index contributed by atoms with van der Waals surface area (Å²) in [7, 11) is 0. The predicted octanol–water partition coefficient (Wildman–Crippen LogP) is 2.66. The van der Waals surface area contributed by atoms with E-state index >= 15 is 0 Å². The van der Waals surface area contributed by atoms with Crippen molar-refractivity contribution in [2.75, 3.05) is 19.7 Å². The fourth-order valence-corrected chi connectivity index (χ4v) is 2.53. The topological polar surface area (TPSA) is 67.4 Å². The normalized spacial score (nSPS) is 10.6. The number of carbonyl (C=O) groups excluding carboxylic acids is 2. The summed E-state index contributed by atoms with van der Waals surface area (Å²) in [6.07, 6.45) is 1.66. The van der Waals surface area contributed by atoms with Gasteiger partial charge in [-0.2, -0.15) is 0 Å². The number of carbonyl (C=O) groups is 2. The zero-order chi connectivity index (χ0) is 18.1. The van der Waals surface area contributed by atoms with Crippen molar-refractivity contribution in [3.05, 3.63) is 28.8 Å². The fourth-order valence-electron chi connectivity index (χ4n) is 2.53. The van der Waals surface area contributed by atoms with Crippen LogP contribution in [-0.2, 0) is 9.59 Å². The monoisotopic (exact) mass is 334 g/mol. The molecule has 0 aliphatic carbocycles. The minimum atomic E-state index is -0.188. The lowest BCUT2D eigenvalue weighted by Crippen LogP contribution is -2.38. The quantitative estimate of drug-likeness (QED) is 0.682. The molecule has 1 aromatic rings. The minimum absolute atomic E-state index is 0.0222. The zero-order valence-corrected chi connectivity index (χ0v) is 15.5. The Kier molecular flexibility index (Phi) is 8.30. The maximum atomic E-state index is 11.9. The number of hydrogen-bond acceptors (Lipinski definition) is 3. The standard InChI is InChI=1S/C19H30N2O3/c1-6-16(7-2)19(23)21-11-10-20-17(22)12-24-18-14(4)9-8-13(3)15(18)5/h8-9,16H,6-7,10-12H2,1-5H3,(H,20,22)(H,21,23). The average molecular weight is 334 g/mol. The van der Waals surface area contributed by atoms with E-state index in [1.165, 1.54) is 0 Å². The van der Waals surface area contributed by atoms with E-state index in [1.807, 2.05) is 46.8 Å². The van der Waals surface area contributed by atoms with Gasteiger partial charge in [-0.3, -0.25) is 9.59 Å². The lowest BCUT2D eigenvalue weighted by Gasteiger charge is -2.15. The Bertz CT molecular complexity index is 566. The van der Waals surface area contributed by atoms with Gasteiger partial charge in [-0.05, 0) is 50.3 Å². The van der Waals surface area contributed by atoms with E-state index in [1.54, 1.807) is 0 Å². The van der Waals surface area contributed by atoms with Gasteiger partial charge in [0.2, 0.25) is 5.91 Å². The smallest absolute Gasteiger partial charge is 0.258 e. The van der Waals surface area contributed by atoms with Crippen molar-refractivity contribution >= 4 is 11.8 Å². The molecular formula is C19H30N2O3. The van der Waals surface area contributed by atoms with E-state index < -0.39 is 0 Å². The molecule has 0 saturated carbocycles. The van der Waals surface area contributed by atoms with Crippen molar-refractivity contribution in [2.45, 2.75) is 47.5 Å². The summed E-state index contributed by atoms with van der Waals surface area (Å²) in [4.78, 5) is 23.7. The number of rotatable bonds is 9. The van der Waals surface area contributed by atoms with Crippen LogP contribution in [-0.4, -0.2) is 31.5 Å². The molecule has 0 radical (unpaired) electrons. The first kappa shape index (κ1) is 20.0. The molecule has 0 aromatic heterocycles. The van der Waals surface area contributed by atoms with Gasteiger partial charge < -0.3 is 15.4 Å². The molecule has 5 heteroatoms. The first-order valence-corrected chi connectivity index (χ1v) is 8.64. The van der Waals surface area contributed by atoms with Gasteiger partial charge in [0.15, 0.2) is 6.61 Å². The molecule has 5 nitrogen and oxygen atoms in total. The molecule has 0 heterocycles. The van der Waals surface area contributed by atoms with Crippen LogP contribution in [0.15, 0.2) is 12.1 Å². The third-order valence-corrected chi connectivity index (χ3v) is 4.32. The molecule has 24 heavy (non-hydrogen) atoms. The summed E-state index contributed by atoms with van der Waals surface area (Å²) < 4.78 is 5.66. The minimum Gasteiger partial charge on any atom is -0.483 e. The lowest BCUT2D eigenvalue weighted by molar-refractivity contribution is -0.126. The van der Waals surface area contributed by atoms with Gasteiger partial charge in [0.25, 0.3) is 5.91 Å². The third kappa shape index (κ3) is 5.87. The highest BCUT2D eigenvalue weighted by Crippen LogP contribution is 2.25. The highest BCUT2D eigenvalue weighted by atomic mass is 16.5. The number of nitrogens with one attached hydrogen (secondary N) is 2. The van der Waals surface area contributed by atoms with Gasteiger partial charge in [0, 0.05) is 19.0 Å². The van der Waals surface area contributed by atoms with E-state index in [2.05, 4.69) is 10.6 Å². The second kappa shape index (κ2) is 9.96. The lowest BCUT2D eigenvalue weighted by atomic mass is 10.0. The fraction of sp³-hybridized carbons (Fsp3) is 0.579. The number of amides is 2. The Hall–Kier alpha value is -2.04. The molecule has 0 saturated heterocycles. The van der Waals surface area contributed by atoms with Crippen LogP contribution in [0, 0.1) is 26.7 Å². The van der Waals surface area contributed by atoms with Crippen molar-refractivity contribution in [2.24, 2.45) is 5.92 Å². The zero-order valence-electron chi connectivity index (χ0n) is 15.5. The largest absolute Gasteiger partial charge is 0.483 e. The molecular weight excluding hydrogens is 304 g/mol. The van der Waals surface area contributed by atoms with Crippen LogP contribution in [0.2, 0.25) is 0 Å². The Morgan fingerprint density at radius 3 is 2.21 bits per heavy atom. The van der Waals surface area contributed by atoms with E-state index in [0.717, 1.165) is 35.3 Å². The van der Waals surface area contributed by atoms with Crippen molar-refractivity contribution in [3.63, 3.8) is 0 Å². The molecule has 0 spiro atoms. The van der Waals surface area contributed by atoms with Gasteiger partial charge in [0.1, 0.15) is 5.75 Å². The third-order valence-electron chi connectivity index (χ3n) is 4.32. The van der Waals surface area contributed by atoms with E-state index in [4.69, 9.17) is 4.74 Å². The molecule has 0 unspecified atom stereocenters. The number of benzene rings is 1. The Balaban J connectivity index is 2.33.